The number of hydrogen-bond acceptors (Lipinski definition) is 4. The van der Waals surface area contributed by atoms with Gasteiger partial charge in [-0.15, -0.1) is 0 Å². The lowest BCUT2D eigenvalue weighted by Gasteiger charge is -2.03. The molecule has 86 valence electrons. The van der Waals surface area contributed by atoms with Crippen LogP contribution in [0.5, 0.6) is 0 Å². The first-order chi connectivity index (χ1) is 7.79. The SMILES string of the molecule is COCc1ccc(CNc2ccnn2C)o1. The molecule has 0 unspecified atom stereocenters. The van der Waals surface area contributed by atoms with Gasteiger partial charge in [0.2, 0.25) is 0 Å². The molecule has 0 atom stereocenters. The monoisotopic (exact) mass is 221 g/mol. The van der Waals surface area contributed by atoms with Crippen molar-refractivity contribution >= 4 is 5.82 Å². The molecule has 2 aromatic heterocycles. The molecule has 0 aliphatic rings. The second kappa shape index (κ2) is 4.85. The van der Waals surface area contributed by atoms with Crippen LogP contribution in [0.15, 0.2) is 28.8 Å². The second-order valence-corrected chi connectivity index (χ2v) is 3.49. The fraction of sp³-hybridized carbons (Fsp3) is 0.364. The van der Waals surface area contributed by atoms with Crippen LogP contribution in [-0.4, -0.2) is 16.9 Å². The summed E-state index contributed by atoms with van der Waals surface area (Å²) in [5.41, 5.74) is 0. The Morgan fingerprint density at radius 3 is 2.88 bits per heavy atom. The molecule has 0 bridgehead atoms. The van der Waals surface area contributed by atoms with Crippen molar-refractivity contribution in [3.8, 4) is 0 Å². The standard InChI is InChI=1S/C11H15N3O2/c1-14-11(5-6-13-14)12-7-9-3-4-10(16-9)8-15-2/h3-6,12H,7-8H2,1-2H3. The lowest BCUT2D eigenvalue weighted by atomic mass is 10.4. The largest absolute Gasteiger partial charge is 0.462 e. The van der Waals surface area contributed by atoms with Gasteiger partial charge in [0.15, 0.2) is 0 Å². The first-order valence-corrected chi connectivity index (χ1v) is 5.08. The molecule has 0 aliphatic carbocycles. The third-order valence-corrected chi connectivity index (χ3v) is 2.27. The number of rotatable bonds is 5. The van der Waals surface area contributed by atoms with Crippen LogP contribution in [0.25, 0.3) is 0 Å². The highest BCUT2D eigenvalue weighted by atomic mass is 16.5. The Morgan fingerprint density at radius 1 is 1.38 bits per heavy atom. The topological polar surface area (TPSA) is 52.2 Å². The average molecular weight is 221 g/mol. The molecule has 0 amide bonds. The van der Waals surface area contributed by atoms with E-state index in [9.17, 15) is 0 Å². The number of hydrogen-bond donors (Lipinski definition) is 1. The Kier molecular flexibility index (Phi) is 3.26. The van der Waals surface area contributed by atoms with Crippen LogP contribution in [0.1, 0.15) is 11.5 Å². The van der Waals surface area contributed by atoms with Crippen molar-refractivity contribution in [1.29, 1.82) is 0 Å². The summed E-state index contributed by atoms with van der Waals surface area (Å²) in [5.74, 6) is 2.68. The number of ether oxygens (including phenoxy) is 1. The van der Waals surface area contributed by atoms with E-state index in [0.29, 0.717) is 13.2 Å². The highest BCUT2D eigenvalue weighted by Gasteiger charge is 2.02. The first-order valence-electron chi connectivity index (χ1n) is 5.08. The van der Waals surface area contributed by atoms with Gasteiger partial charge in [0, 0.05) is 20.2 Å². The molecule has 0 spiro atoms. The molecule has 2 aromatic rings. The van der Waals surface area contributed by atoms with E-state index in [0.717, 1.165) is 17.3 Å². The molecule has 0 radical (unpaired) electrons. The number of methoxy groups -OCH3 is 1. The van der Waals surface area contributed by atoms with Crippen LogP contribution < -0.4 is 5.32 Å². The lowest BCUT2D eigenvalue weighted by Crippen LogP contribution is -2.03. The number of furan rings is 1. The van der Waals surface area contributed by atoms with Crippen molar-refractivity contribution in [2.75, 3.05) is 12.4 Å². The molecular weight excluding hydrogens is 206 g/mol. The Balaban J connectivity index is 1.92. The minimum atomic E-state index is 0.506. The molecule has 2 heterocycles. The molecule has 2 rings (SSSR count). The molecule has 0 saturated heterocycles. The molecule has 0 saturated carbocycles. The fourth-order valence-corrected chi connectivity index (χ4v) is 1.46. The highest BCUT2D eigenvalue weighted by Crippen LogP contribution is 2.11. The number of nitrogens with one attached hydrogen (secondary N) is 1. The smallest absolute Gasteiger partial charge is 0.129 e. The Morgan fingerprint density at radius 2 is 2.19 bits per heavy atom. The number of nitrogens with zero attached hydrogens (tertiary/aromatic N) is 2. The van der Waals surface area contributed by atoms with Gasteiger partial charge in [-0.25, -0.2) is 0 Å². The molecular formula is C11H15N3O2. The highest BCUT2D eigenvalue weighted by molar-refractivity contribution is 5.33. The predicted molar refractivity (Wildman–Crippen MR) is 60.0 cm³/mol. The molecule has 0 fully saturated rings. The Bertz CT molecular complexity index is 448. The van der Waals surface area contributed by atoms with Crippen molar-refractivity contribution in [1.82, 2.24) is 9.78 Å². The van der Waals surface area contributed by atoms with Crippen LogP contribution in [0.3, 0.4) is 0 Å². The molecule has 5 heteroatoms. The molecule has 0 aliphatic heterocycles. The summed E-state index contributed by atoms with van der Waals surface area (Å²) in [6.45, 7) is 1.15. The minimum absolute atomic E-state index is 0.506. The van der Waals surface area contributed by atoms with Crippen LogP contribution in [0.2, 0.25) is 0 Å². The summed E-state index contributed by atoms with van der Waals surface area (Å²) >= 11 is 0. The van der Waals surface area contributed by atoms with Gasteiger partial charge in [-0.1, -0.05) is 0 Å². The van der Waals surface area contributed by atoms with Gasteiger partial charge in [0.25, 0.3) is 0 Å². The summed E-state index contributed by atoms with van der Waals surface area (Å²) in [4.78, 5) is 0. The van der Waals surface area contributed by atoms with Gasteiger partial charge in [-0.05, 0) is 12.1 Å². The van der Waals surface area contributed by atoms with Crippen molar-refractivity contribution in [2.45, 2.75) is 13.2 Å². The van der Waals surface area contributed by atoms with E-state index in [1.807, 2.05) is 25.2 Å². The summed E-state index contributed by atoms with van der Waals surface area (Å²) in [6, 6.07) is 5.78. The van der Waals surface area contributed by atoms with E-state index >= 15 is 0 Å². The number of anilines is 1. The molecule has 16 heavy (non-hydrogen) atoms. The zero-order valence-electron chi connectivity index (χ0n) is 9.43. The fourth-order valence-electron chi connectivity index (χ4n) is 1.46. The van der Waals surface area contributed by atoms with Crippen molar-refractivity contribution in [3.63, 3.8) is 0 Å². The lowest BCUT2D eigenvalue weighted by molar-refractivity contribution is 0.163. The van der Waals surface area contributed by atoms with Gasteiger partial charge >= 0.3 is 0 Å². The second-order valence-electron chi connectivity index (χ2n) is 3.49. The molecule has 1 N–H and O–H groups in total. The van der Waals surface area contributed by atoms with E-state index in [1.54, 1.807) is 18.0 Å². The maximum atomic E-state index is 5.55. The van der Waals surface area contributed by atoms with Crippen LogP contribution >= 0.6 is 0 Å². The minimum Gasteiger partial charge on any atom is -0.462 e. The average Bonchev–Trinajstić information content (AvgIpc) is 2.86. The third kappa shape index (κ3) is 2.43. The van der Waals surface area contributed by atoms with Gasteiger partial charge in [-0.2, -0.15) is 5.10 Å². The van der Waals surface area contributed by atoms with Gasteiger partial charge < -0.3 is 14.5 Å². The van der Waals surface area contributed by atoms with Crippen LogP contribution in [0.4, 0.5) is 5.82 Å². The van der Waals surface area contributed by atoms with Crippen LogP contribution in [-0.2, 0) is 24.9 Å². The third-order valence-electron chi connectivity index (χ3n) is 2.27. The van der Waals surface area contributed by atoms with Gasteiger partial charge in [-0.3, -0.25) is 4.68 Å². The summed E-state index contributed by atoms with van der Waals surface area (Å²) < 4.78 is 12.3. The quantitative estimate of drug-likeness (QED) is 0.836. The van der Waals surface area contributed by atoms with E-state index in [4.69, 9.17) is 9.15 Å². The summed E-state index contributed by atoms with van der Waals surface area (Å²) in [5, 5.41) is 7.30. The zero-order valence-corrected chi connectivity index (χ0v) is 9.43. The Hall–Kier alpha value is -1.75. The normalized spacial score (nSPS) is 10.6. The van der Waals surface area contributed by atoms with Gasteiger partial charge in [0.1, 0.15) is 23.9 Å². The van der Waals surface area contributed by atoms with Crippen molar-refractivity contribution in [2.24, 2.45) is 7.05 Å². The van der Waals surface area contributed by atoms with Crippen molar-refractivity contribution < 1.29 is 9.15 Å². The van der Waals surface area contributed by atoms with Crippen molar-refractivity contribution in [3.05, 3.63) is 35.9 Å². The molecule has 5 nitrogen and oxygen atoms in total. The van der Waals surface area contributed by atoms with E-state index < -0.39 is 0 Å². The van der Waals surface area contributed by atoms with Gasteiger partial charge in [0.05, 0.1) is 12.7 Å². The van der Waals surface area contributed by atoms with E-state index in [-0.39, 0.29) is 0 Å². The maximum absolute atomic E-state index is 5.55. The number of aryl methyl sites for hydroxylation is 1. The predicted octanol–water partition coefficient (Wildman–Crippen LogP) is 1.77. The molecule has 0 aromatic carbocycles. The van der Waals surface area contributed by atoms with E-state index in [2.05, 4.69) is 10.4 Å². The first kappa shape index (κ1) is 10.8. The number of aromatic nitrogens is 2. The summed E-state index contributed by atoms with van der Waals surface area (Å²) in [6.07, 6.45) is 1.75. The van der Waals surface area contributed by atoms with Crippen LogP contribution in [0, 0.1) is 0 Å². The zero-order chi connectivity index (χ0) is 11.4. The summed E-state index contributed by atoms with van der Waals surface area (Å²) in [7, 11) is 3.54. The Labute approximate surface area is 94.0 Å². The van der Waals surface area contributed by atoms with E-state index in [1.165, 1.54) is 0 Å². The maximum Gasteiger partial charge on any atom is 0.129 e.